The van der Waals surface area contributed by atoms with Crippen LogP contribution in [0.15, 0.2) is 101 Å². The maximum absolute atomic E-state index is 13.4. The molecule has 3 aromatic carbocycles. The largest absolute Gasteiger partial charge is 0.256 e. The first-order chi connectivity index (χ1) is 14.6. The fourth-order valence-corrected chi connectivity index (χ4v) is 6.76. The number of nitrogens with zero attached hydrogens (tertiary/aromatic N) is 1. The highest BCUT2D eigenvalue weighted by molar-refractivity contribution is 8.04. The number of aryl methyl sites for hydroxylation is 2. The predicted octanol–water partition coefficient (Wildman–Crippen LogP) is 4.48. The fourth-order valence-electron chi connectivity index (χ4n) is 3.08. The number of hydrogen-bond donors (Lipinski definition) is 0. The standard InChI is InChI=1S/C24H25NO4S2/c1-19-9-13-23(14-10-19)30(26,27)25(18-21(3)17-22-7-5-4-6-8-22)31(28,29)24-15-11-20(2)12-16-24/h4-16H,3,17-18H2,1-2H3. The van der Waals surface area contributed by atoms with Crippen LogP contribution in [-0.2, 0) is 26.5 Å². The lowest BCUT2D eigenvalue weighted by Crippen LogP contribution is -2.38. The molecule has 0 unspecified atom stereocenters. The minimum atomic E-state index is -4.34. The molecule has 3 rings (SSSR count). The Hall–Kier alpha value is -2.74. The van der Waals surface area contributed by atoms with Gasteiger partial charge in [0.25, 0.3) is 20.0 Å². The van der Waals surface area contributed by atoms with E-state index in [0.29, 0.717) is 15.7 Å². The van der Waals surface area contributed by atoms with Gasteiger partial charge in [-0.1, -0.05) is 81.6 Å². The molecule has 0 aliphatic carbocycles. The molecule has 0 N–H and O–H groups in total. The highest BCUT2D eigenvalue weighted by Crippen LogP contribution is 2.26. The van der Waals surface area contributed by atoms with Crippen LogP contribution in [0, 0.1) is 13.8 Å². The Balaban J connectivity index is 2.03. The third-order valence-corrected chi connectivity index (χ3v) is 9.07. The molecule has 31 heavy (non-hydrogen) atoms. The minimum Gasteiger partial charge on any atom is -0.206 e. The average Bonchev–Trinajstić information content (AvgIpc) is 2.73. The highest BCUT2D eigenvalue weighted by atomic mass is 32.3. The van der Waals surface area contributed by atoms with Crippen LogP contribution in [-0.4, -0.2) is 27.1 Å². The third kappa shape index (κ3) is 5.31. The first-order valence-electron chi connectivity index (χ1n) is 9.72. The van der Waals surface area contributed by atoms with Gasteiger partial charge in [0.05, 0.1) is 16.3 Å². The van der Waals surface area contributed by atoms with E-state index in [2.05, 4.69) is 6.58 Å². The lowest BCUT2D eigenvalue weighted by atomic mass is 10.1. The molecule has 0 saturated heterocycles. The van der Waals surface area contributed by atoms with Crippen LogP contribution >= 0.6 is 0 Å². The van der Waals surface area contributed by atoms with Crippen molar-refractivity contribution in [1.29, 1.82) is 0 Å². The molecule has 0 bridgehead atoms. The van der Waals surface area contributed by atoms with E-state index in [1.165, 1.54) is 24.3 Å². The Bertz CT molecular complexity index is 1190. The van der Waals surface area contributed by atoms with Gasteiger partial charge in [-0.05, 0) is 50.1 Å². The molecule has 0 atom stereocenters. The van der Waals surface area contributed by atoms with Crippen LogP contribution in [0.2, 0.25) is 0 Å². The summed E-state index contributed by atoms with van der Waals surface area (Å²) in [5.74, 6) is 0. The fraction of sp³-hybridized carbons (Fsp3) is 0.167. The summed E-state index contributed by atoms with van der Waals surface area (Å²) in [7, 11) is -8.67. The van der Waals surface area contributed by atoms with Gasteiger partial charge in [-0.2, -0.15) is 0 Å². The SMILES string of the molecule is C=C(Cc1ccccc1)CN(S(=O)(=O)c1ccc(C)cc1)S(=O)(=O)c1ccc(C)cc1. The van der Waals surface area contributed by atoms with Crippen LogP contribution in [0.1, 0.15) is 16.7 Å². The van der Waals surface area contributed by atoms with Gasteiger partial charge in [-0.25, -0.2) is 16.8 Å². The number of sulfonamides is 2. The molecule has 0 aliphatic rings. The molecule has 0 aromatic heterocycles. The van der Waals surface area contributed by atoms with Crippen molar-refractivity contribution in [3.63, 3.8) is 0 Å². The second-order valence-corrected chi connectivity index (χ2v) is 11.4. The summed E-state index contributed by atoms with van der Waals surface area (Å²) in [6.07, 6.45) is 0.365. The zero-order valence-corrected chi connectivity index (χ0v) is 19.2. The van der Waals surface area contributed by atoms with E-state index in [0.717, 1.165) is 16.7 Å². The van der Waals surface area contributed by atoms with Gasteiger partial charge >= 0.3 is 0 Å². The van der Waals surface area contributed by atoms with Crippen molar-refractivity contribution in [3.8, 4) is 0 Å². The monoisotopic (exact) mass is 455 g/mol. The molecule has 7 heteroatoms. The summed E-state index contributed by atoms with van der Waals surface area (Å²) >= 11 is 0. The van der Waals surface area contributed by atoms with Gasteiger partial charge in [0.1, 0.15) is 0 Å². The molecule has 5 nitrogen and oxygen atoms in total. The molecule has 0 heterocycles. The van der Waals surface area contributed by atoms with E-state index < -0.39 is 20.0 Å². The van der Waals surface area contributed by atoms with Gasteiger partial charge in [0.15, 0.2) is 0 Å². The average molecular weight is 456 g/mol. The van der Waals surface area contributed by atoms with Gasteiger partial charge < -0.3 is 0 Å². The molecular weight excluding hydrogens is 430 g/mol. The van der Waals surface area contributed by atoms with Crippen LogP contribution in [0.25, 0.3) is 0 Å². The lowest BCUT2D eigenvalue weighted by molar-refractivity contribution is 0.508. The predicted molar refractivity (Wildman–Crippen MR) is 123 cm³/mol. The molecule has 0 saturated carbocycles. The van der Waals surface area contributed by atoms with E-state index in [1.807, 2.05) is 44.2 Å². The zero-order valence-electron chi connectivity index (χ0n) is 17.5. The van der Waals surface area contributed by atoms with E-state index in [4.69, 9.17) is 0 Å². The molecule has 0 fully saturated rings. The summed E-state index contributed by atoms with van der Waals surface area (Å²) in [4.78, 5) is -0.164. The summed E-state index contributed by atoms with van der Waals surface area (Å²) in [6, 6.07) is 21.6. The Morgan fingerprint density at radius 3 is 1.55 bits per heavy atom. The normalized spacial score (nSPS) is 12.1. The van der Waals surface area contributed by atoms with Crippen LogP contribution in [0.4, 0.5) is 0 Å². The van der Waals surface area contributed by atoms with E-state index in [1.54, 1.807) is 24.3 Å². The van der Waals surface area contributed by atoms with Crippen molar-refractivity contribution in [2.75, 3.05) is 6.54 Å². The van der Waals surface area contributed by atoms with E-state index in [9.17, 15) is 16.8 Å². The Morgan fingerprint density at radius 1 is 0.710 bits per heavy atom. The maximum atomic E-state index is 13.4. The van der Waals surface area contributed by atoms with Crippen LogP contribution < -0.4 is 0 Å². The van der Waals surface area contributed by atoms with Gasteiger partial charge in [-0.3, -0.25) is 0 Å². The Morgan fingerprint density at radius 2 is 1.13 bits per heavy atom. The zero-order chi connectivity index (χ0) is 22.6. The summed E-state index contributed by atoms with van der Waals surface area (Å²) in [5.41, 5.74) is 3.14. The molecule has 0 amide bonds. The lowest BCUT2D eigenvalue weighted by Gasteiger charge is -2.23. The molecule has 0 radical (unpaired) electrons. The van der Waals surface area contributed by atoms with Gasteiger partial charge in [0.2, 0.25) is 0 Å². The Labute approximate surface area is 184 Å². The van der Waals surface area contributed by atoms with Gasteiger partial charge in [0, 0.05) is 0 Å². The second kappa shape index (κ2) is 9.18. The first kappa shape index (κ1) is 22.9. The molecule has 0 aliphatic heterocycles. The van der Waals surface area contributed by atoms with E-state index in [-0.39, 0.29) is 16.3 Å². The van der Waals surface area contributed by atoms with Crippen molar-refractivity contribution in [2.45, 2.75) is 30.1 Å². The molecule has 3 aromatic rings. The smallest absolute Gasteiger partial charge is 0.206 e. The third-order valence-electron chi connectivity index (χ3n) is 4.82. The van der Waals surface area contributed by atoms with Crippen molar-refractivity contribution < 1.29 is 16.8 Å². The van der Waals surface area contributed by atoms with E-state index >= 15 is 0 Å². The van der Waals surface area contributed by atoms with Crippen molar-refractivity contribution in [3.05, 3.63) is 108 Å². The quantitative estimate of drug-likeness (QED) is 0.470. The molecule has 162 valence electrons. The highest BCUT2D eigenvalue weighted by Gasteiger charge is 2.36. The van der Waals surface area contributed by atoms with Crippen LogP contribution in [0.3, 0.4) is 0 Å². The maximum Gasteiger partial charge on any atom is 0.256 e. The molecular formula is C24H25NO4S2. The van der Waals surface area contributed by atoms with Gasteiger partial charge in [-0.15, -0.1) is 0 Å². The first-order valence-corrected chi connectivity index (χ1v) is 12.6. The topological polar surface area (TPSA) is 71.5 Å². The van der Waals surface area contributed by atoms with Crippen molar-refractivity contribution >= 4 is 20.0 Å². The summed E-state index contributed by atoms with van der Waals surface area (Å²) < 4.78 is 54.3. The summed E-state index contributed by atoms with van der Waals surface area (Å²) in [6.45, 7) is 7.28. The van der Waals surface area contributed by atoms with Crippen molar-refractivity contribution in [2.24, 2.45) is 0 Å². The summed E-state index contributed by atoms with van der Waals surface area (Å²) in [5, 5.41) is 0. The number of benzene rings is 3. The second-order valence-electron chi connectivity index (χ2n) is 7.48. The molecule has 0 spiro atoms. The van der Waals surface area contributed by atoms with Crippen LogP contribution in [0.5, 0.6) is 0 Å². The Kier molecular flexibility index (Phi) is 6.79. The van der Waals surface area contributed by atoms with Crippen molar-refractivity contribution in [1.82, 2.24) is 3.71 Å². The number of rotatable bonds is 8. The minimum absolute atomic E-state index is 0.0821. The number of hydrogen-bond acceptors (Lipinski definition) is 4.